The highest BCUT2D eigenvalue weighted by Crippen LogP contribution is 2.33. The van der Waals surface area contributed by atoms with Crippen molar-refractivity contribution in [2.24, 2.45) is 0 Å². The Hall–Kier alpha value is -3.56. The third-order valence-corrected chi connectivity index (χ3v) is 5.36. The van der Waals surface area contributed by atoms with Crippen molar-refractivity contribution in [1.82, 2.24) is 25.1 Å². The second kappa shape index (κ2) is 8.76. The molecule has 4 heterocycles. The van der Waals surface area contributed by atoms with Crippen LogP contribution in [0.4, 0.5) is 27.7 Å². The average molecular weight is 458 g/mol. The quantitative estimate of drug-likeness (QED) is 0.484. The summed E-state index contributed by atoms with van der Waals surface area (Å²) in [4.78, 5) is 26.1. The van der Waals surface area contributed by atoms with Crippen molar-refractivity contribution in [3.05, 3.63) is 47.3 Å². The van der Waals surface area contributed by atoms with E-state index in [4.69, 9.17) is 9.60 Å². The van der Waals surface area contributed by atoms with Crippen molar-refractivity contribution in [1.29, 1.82) is 0 Å². The molecule has 1 saturated heterocycles. The number of hydrogen-bond acceptors (Lipinski definition) is 7. The van der Waals surface area contributed by atoms with Crippen LogP contribution in [0.25, 0.3) is 0 Å². The Morgan fingerprint density at radius 3 is 3.00 bits per heavy atom. The maximum absolute atomic E-state index is 13.6. The monoisotopic (exact) mass is 457 g/mol. The fourth-order valence-electron chi connectivity index (χ4n) is 3.64. The van der Waals surface area contributed by atoms with Gasteiger partial charge >= 0.3 is 0 Å². The summed E-state index contributed by atoms with van der Waals surface area (Å²) in [6.45, 7) is 0.712. The van der Waals surface area contributed by atoms with E-state index in [0.717, 1.165) is 29.6 Å². The number of aryl methyl sites for hydroxylation is 1. The van der Waals surface area contributed by atoms with Crippen LogP contribution in [0.5, 0.6) is 0 Å². The molecule has 0 aromatic carbocycles. The number of halogens is 1. The number of hydrogen-bond donors (Lipinski definition) is 3. The second-order valence-corrected chi connectivity index (χ2v) is 8.01. The fraction of sp³-hybridized carbons (Fsp3) is 0.435. The Morgan fingerprint density at radius 2 is 2.24 bits per heavy atom. The lowest BCUT2D eigenvalue weighted by Crippen LogP contribution is -2.40. The van der Waals surface area contributed by atoms with Gasteiger partial charge in [-0.2, -0.15) is 14.5 Å². The molecule has 33 heavy (non-hydrogen) atoms. The largest absolute Gasteiger partial charge is 0.329 e. The molecule has 0 saturated carbocycles. The Morgan fingerprint density at radius 1 is 1.36 bits per heavy atom. The van der Waals surface area contributed by atoms with Crippen LogP contribution in [0.15, 0.2) is 24.4 Å². The Labute approximate surface area is 201 Å². The second-order valence-electron chi connectivity index (χ2n) is 8.01. The number of carbonyl (C=O) groups is 1. The molecule has 1 aliphatic carbocycles. The molecule has 1 fully saturated rings. The number of nitrogens with zero attached hydrogens (tertiary/aromatic N) is 5. The van der Waals surface area contributed by atoms with Gasteiger partial charge in [-0.15, -0.1) is 0 Å². The van der Waals surface area contributed by atoms with Gasteiger partial charge < -0.3 is 15.5 Å². The summed E-state index contributed by atoms with van der Waals surface area (Å²) in [5, 5.41) is 12.5. The third-order valence-electron chi connectivity index (χ3n) is 5.36. The Bertz CT molecular complexity index is 1470. The zero-order chi connectivity index (χ0) is 29.3. The predicted molar refractivity (Wildman–Crippen MR) is 123 cm³/mol. The number of anilines is 4. The SMILES string of the molecule is [2H]C1([2H])N(c2nc3c(c(Nc4cc(C(C)C)[nH]n4)n2)CCC3)C([2H])(C(=O)Nc2ccc(F)nc2)C([2H])([2H])C1([2H])[2H]. The lowest BCUT2D eigenvalue weighted by Gasteiger charge is -2.25. The number of carbonyl (C=O) groups excluding carboxylic acids is 1. The smallest absolute Gasteiger partial charge is 0.247 e. The van der Waals surface area contributed by atoms with Crippen LogP contribution in [0.2, 0.25) is 0 Å². The number of nitrogens with one attached hydrogen (secondary N) is 3. The molecule has 2 aliphatic rings. The zero-order valence-corrected chi connectivity index (χ0v) is 18.0. The van der Waals surface area contributed by atoms with Crippen molar-refractivity contribution < 1.29 is 18.8 Å². The molecule has 1 atom stereocenters. The topological polar surface area (TPSA) is 112 Å². The fourth-order valence-corrected chi connectivity index (χ4v) is 3.64. The van der Waals surface area contributed by atoms with Gasteiger partial charge in [-0.3, -0.25) is 9.89 Å². The standard InChI is InChI=1S/C23H27FN8O/c1-13(2)17-11-20(31-30-17)28-21-15-5-3-6-16(15)27-23(29-21)32-10-4-7-18(32)22(33)26-14-8-9-19(24)25-12-14/h8-9,11-13,18H,3-7,10H2,1-2H3,(H,26,33)(H2,27,28,29,30,31)/i4D2,7D2,10D2,18D. The molecule has 5 rings (SSSR count). The van der Waals surface area contributed by atoms with Gasteiger partial charge in [-0.05, 0) is 50.1 Å². The van der Waals surface area contributed by atoms with E-state index < -0.39 is 43.1 Å². The van der Waals surface area contributed by atoms with E-state index in [2.05, 4.69) is 35.8 Å². The first kappa shape index (κ1) is 14.6. The minimum absolute atomic E-state index is 0.0986. The van der Waals surface area contributed by atoms with E-state index in [9.17, 15) is 9.18 Å². The van der Waals surface area contributed by atoms with Gasteiger partial charge in [0.25, 0.3) is 0 Å². The van der Waals surface area contributed by atoms with Crippen LogP contribution in [0, 0.1) is 5.95 Å². The minimum atomic E-state index is -3.41. The Kier molecular flexibility index (Phi) is 3.87. The molecular weight excluding hydrogens is 423 g/mol. The van der Waals surface area contributed by atoms with Crippen molar-refractivity contribution in [2.45, 2.75) is 57.8 Å². The van der Waals surface area contributed by atoms with Crippen LogP contribution in [0.3, 0.4) is 0 Å². The molecule has 10 heteroatoms. The first-order chi connectivity index (χ1) is 18.6. The predicted octanol–water partition coefficient (Wildman–Crippen LogP) is 3.70. The van der Waals surface area contributed by atoms with Crippen LogP contribution < -0.4 is 15.5 Å². The number of rotatable bonds is 6. The van der Waals surface area contributed by atoms with Crippen LogP contribution in [0.1, 0.15) is 65.5 Å². The highest BCUT2D eigenvalue weighted by Gasteiger charge is 2.34. The molecule has 9 nitrogen and oxygen atoms in total. The summed E-state index contributed by atoms with van der Waals surface area (Å²) in [7, 11) is 0. The maximum atomic E-state index is 13.6. The summed E-state index contributed by atoms with van der Waals surface area (Å²) in [6.07, 6.45) is -4.06. The van der Waals surface area contributed by atoms with E-state index in [0.29, 0.717) is 35.7 Å². The van der Waals surface area contributed by atoms with E-state index >= 15 is 0 Å². The summed E-state index contributed by atoms with van der Waals surface area (Å²) >= 11 is 0. The zero-order valence-electron chi connectivity index (χ0n) is 25.0. The number of aromatic amines is 1. The summed E-state index contributed by atoms with van der Waals surface area (Å²) < 4.78 is 73.5. The molecule has 172 valence electrons. The highest BCUT2D eigenvalue weighted by atomic mass is 19.1. The van der Waals surface area contributed by atoms with Crippen LogP contribution >= 0.6 is 0 Å². The summed E-state index contributed by atoms with van der Waals surface area (Å²) in [5.74, 6) is -1.99. The van der Waals surface area contributed by atoms with Gasteiger partial charge in [-0.1, -0.05) is 13.8 Å². The number of pyridine rings is 1. The molecule has 1 unspecified atom stereocenters. The van der Waals surface area contributed by atoms with Crippen molar-refractivity contribution in [2.75, 3.05) is 22.0 Å². The Balaban J connectivity index is 1.63. The van der Waals surface area contributed by atoms with Gasteiger partial charge in [0.1, 0.15) is 11.8 Å². The minimum Gasteiger partial charge on any atom is -0.329 e. The molecule has 3 aromatic heterocycles. The molecule has 0 bridgehead atoms. The van der Waals surface area contributed by atoms with E-state index in [1.54, 1.807) is 6.07 Å². The van der Waals surface area contributed by atoms with Crippen molar-refractivity contribution in [3.63, 3.8) is 0 Å². The van der Waals surface area contributed by atoms with E-state index in [1.807, 2.05) is 13.8 Å². The highest BCUT2D eigenvalue weighted by molar-refractivity contribution is 5.96. The normalized spacial score (nSPS) is 27.4. The van der Waals surface area contributed by atoms with Gasteiger partial charge in [0.05, 0.1) is 18.9 Å². The molecule has 1 aliphatic heterocycles. The average Bonchev–Trinajstić information content (AvgIpc) is 3.56. The van der Waals surface area contributed by atoms with E-state index in [1.165, 1.54) is 0 Å². The molecular formula is C23H27FN8O. The number of aromatic nitrogens is 5. The van der Waals surface area contributed by atoms with Crippen molar-refractivity contribution in [3.8, 4) is 0 Å². The first-order valence-corrected chi connectivity index (χ1v) is 10.6. The van der Waals surface area contributed by atoms with Crippen molar-refractivity contribution >= 4 is 29.2 Å². The van der Waals surface area contributed by atoms with Crippen LogP contribution in [-0.2, 0) is 17.6 Å². The molecule has 0 radical (unpaired) electrons. The van der Waals surface area contributed by atoms with Crippen LogP contribution in [-0.4, -0.2) is 43.6 Å². The number of fused-ring (bicyclic) bond motifs is 1. The van der Waals surface area contributed by atoms with Gasteiger partial charge in [-0.25, -0.2) is 9.97 Å². The molecule has 1 amide bonds. The number of amides is 1. The lowest BCUT2D eigenvalue weighted by molar-refractivity contribution is -0.117. The summed E-state index contributed by atoms with van der Waals surface area (Å²) in [5.41, 5.74) is 1.98. The lowest BCUT2D eigenvalue weighted by atomic mass is 10.1. The van der Waals surface area contributed by atoms with Gasteiger partial charge in [0, 0.05) is 32.0 Å². The van der Waals surface area contributed by atoms with Gasteiger partial charge in [0.2, 0.25) is 17.8 Å². The van der Waals surface area contributed by atoms with E-state index in [-0.39, 0.29) is 17.4 Å². The maximum Gasteiger partial charge on any atom is 0.247 e. The number of H-pyrrole nitrogens is 1. The third kappa shape index (κ3) is 4.37. The van der Waals surface area contributed by atoms with Gasteiger partial charge in [0.15, 0.2) is 5.82 Å². The first-order valence-electron chi connectivity index (χ1n) is 14.1. The molecule has 3 aromatic rings. The molecule has 3 N–H and O–H groups in total. The molecule has 0 spiro atoms. The summed E-state index contributed by atoms with van der Waals surface area (Å²) in [6, 6.07) is 0.604.